The summed E-state index contributed by atoms with van der Waals surface area (Å²) in [7, 11) is 0. The van der Waals surface area contributed by atoms with E-state index < -0.39 is 0 Å². The molecule has 0 aromatic heterocycles. The molecule has 2 fully saturated rings. The van der Waals surface area contributed by atoms with E-state index >= 15 is 0 Å². The van der Waals surface area contributed by atoms with Gasteiger partial charge < -0.3 is 29.3 Å². The predicted molar refractivity (Wildman–Crippen MR) is 152 cm³/mol. The van der Waals surface area contributed by atoms with E-state index in [1.54, 1.807) is 4.90 Å². The lowest BCUT2D eigenvalue weighted by Gasteiger charge is -2.39. The molecule has 0 saturated carbocycles. The zero-order chi connectivity index (χ0) is 28.6. The number of morpholine rings is 1. The van der Waals surface area contributed by atoms with Crippen molar-refractivity contribution in [3.8, 4) is 11.5 Å². The van der Waals surface area contributed by atoms with Gasteiger partial charge in [-0.15, -0.1) is 0 Å². The Hall–Kier alpha value is -3.47. The lowest BCUT2D eigenvalue weighted by Crippen LogP contribution is -2.58. The Bertz CT molecular complexity index is 1220. The second kappa shape index (κ2) is 13.9. The highest BCUT2D eigenvalue weighted by Crippen LogP contribution is 2.25. The maximum Gasteiger partial charge on any atom is 0.239 e. The van der Waals surface area contributed by atoms with Crippen LogP contribution in [0, 0.1) is 0 Å². The molecular formula is C31H40N4O6. The maximum atomic E-state index is 13.2. The fraction of sp³-hybridized carbons (Fsp3) is 0.516. The first kappa shape index (κ1) is 29.0. The van der Waals surface area contributed by atoms with E-state index in [4.69, 9.17) is 14.2 Å². The number of likely N-dealkylation sites (N-methyl/N-ethyl adjacent to an activating group) is 1. The number of benzene rings is 2. The number of piperidine rings is 1. The SMILES string of the molecule is CCN1CC(=O)N[C@H]2CN(C(=O)CCN3CCOCC3)CC[C@@H]2OCc2cccc(c2)Oc2cccc(c2)CC1=O. The highest BCUT2D eigenvalue weighted by molar-refractivity contribution is 5.86. The summed E-state index contributed by atoms with van der Waals surface area (Å²) in [6.45, 7) is 7.27. The molecule has 2 saturated heterocycles. The molecule has 220 valence electrons. The van der Waals surface area contributed by atoms with Crippen molar-refractivity contribution >= 4 is 17.7 Å². The van der Waals surface area contributed by atoms with Crippen LogP contribution in [0.1, 0.15) is 30.9 Å². The van der Waals surface area contributed by atoms with Gasteiger partial charge in [0.1, 0.15) is 11.5 Å². The molecule has 0 unspecified atom stereocenters. The molecule has 0 spiro atoms. The van der Waals surface area contributed by atoms with Gasteiger partial charge in [0.15, 0.2) is 0 Å². The van der Waals surface area contributed by atoms with E-state index in [0.29, 0.717) is 70.3 Å². The van der Waals surface area contributed by atoms with Crippen LogP contribution in [0.2, 0.25) is 0 Å². The largest absolute Gasteiger partial charge is 0.457 e. The number of carbonyl (C=O) groups excluding carboxylic acids is 3. The topological polar surface area (TPSA) is 101 Å². The molecule has 5 rings (SSSR count). The number of amides is 3. The number of nitrogens with zero attached hydrogens (tertiary/aromatic N) is 3. The van der Waals surface area contributed by atoms with Crippen molar-refractivity contribution in [1.82, 2.24) is 20.0 Å². The van der Waals surface area contributed by atoms with Crippen LogP contribution in [0.5, 0.6) is 11.5 Å². The number of ether oxygens (including phenoxy) is 3. The van der Waals surface area contributed by atoms with Gasteiger partial charge in [-0.25, -0.2) is 0 Å². The molecule has 2 atom stereocenters. The predicted octanol–water partition coefficient (Wildman–Crippen LogP) is 2.21. The van der Waals surface area contributed by atoms with Crippen molar-refractivity contribution in [3.05, 3.63) is 59.7 Å². The number of fused-ring (bicyclic) bond motifs is 5. The van der Waals surface area contributed by atoms with Crippen molar-refractivity contribution in [2.24, 2.45) is 0 Å². The summed E-state index contributed by atoms with van der Waals surface area (Å²) in [4.78, 5) is 45.1. The van der Waals surface area contributed by atoms with E-state index in [1.165, 1.54) is 0 Å². The van der Waals surface area contributed by atoms with E-state index in [0.717, 1.165) is 24.2 Å². The van der Waals surface area contributed by atoms with Gasteiger partial charge in [0.05, 0.1) is 44.9 Å². The van der Waals surface area contributed by atoms with E-state index in [2.05, 4.69) is 10.2 Å². The van der Waals surface area contributed by atoms with Gasteiger partial charge in [0.2, 0.25) is 17.7 Å². The minimum absolute atomic E-state index is 0.0551. The van der Waals surface area contributed by atoms with Crippen molar-refractivity contribution in [2.75, 3.05) is 59.0 Å². The Labute approximate surface area is 241 Å². The third kappa shape index (κ3) is 8.06. The molecule has 4 bridgehead atoms. The molecule has 3 aliphatic rings. The summed E-state index contributed by atoms with van der Waals surface area (Å²) in [6, 6.07) is 14.8. The van der Waals surface area contributed by atoms with Crippen LogP contribution in [0.15, 0.2) is 48.5 Å². The third-order valence-electron chi connectivity index (χ3n) is 7.92. The van der Waals surface area contributed by atoms with Gasteiger partial charge in [-0.05, 0) is 48.7 Å². The Morgan fingerprint density at radius 1 is 1.00 bits per heavy atom. The molecule has 10 heteroatoms. The van der Waals surface area contributed by atoms with Gasteiger partial charge >= 0.3 is 0 Å². The number of carbonyl (C=O) groups is 3. The van der Waals surface area contributed by atoms with Crippen LogP contribution in [0.25, 0.3) is 0 Å². The van der Waals surface area contributed by atoms with E-state index in [1.807, 2.05) is 60.4 Å². The minimum Gasteiger partial charge on any atom is -0.457 e. The summed E-state index contributed by atoms with van der Waals surface area (Å²) in [6.07, 6.45) is 0.923. The zero-order valence-electron chi connectivity index (χ0n) is 23.8. The van der Waals surface area contributed by atoms with E-state index in [-0.39, 0.29) is 42.8 Å². The van der Waals surface area contributed by atoms with Crippen LogP contribution < -0.4 is 10.1 Å². The maximum absolute atomic E-state index is 13.2. The standard InChI is InChI=1S/C31H40N4O6/c1-2-34-21-29(36)32-27-20-35(30(37)10-11-33-13-15-39-16-14-33)12-9-28(27)40-22-24-6-4-8-26(18-24)41-25-7-3-5-23(17-25)19-31(34)38/h3-8,17-18,27-28H,2,9-16,19-22H2,1H3,(H,32,36)/t27-,28-/m0/s1. The second-order valence-electron chi connectivity index (χ2n) is 10.8. The molecule has 3 aliphatic heterocycles. The van der Waals surface area contributed by atoms with Crippen molar-refractivity contribution in [3.63, 3.8) is 0 Å². The van der Waals surface area contributed by atoms with Gasteiger partial charge in [-0.3, -0.25) is 19.3 Å². The van der Waals surface area contributed by atoms with Crippen LogP contribution >= 0.6 is 0 Å². The summed E-state index contributed by atoms with van der Waals surface area (Å²) in [5.41, 5.74) is 1.76. The fourth-order valence-electron chi connectivity index (χ4n) is 5.58. The number of likely N-dealkylation sites (tertiary alicyclic amines) is 1. The fourth-order valence-corrected chi connectivity index (χ4v) is 5.58. The van der Waals surface area contributed by atoms with Crippen LogP contribution in [-0.4, -0.2) is 104 Å². The lowest BCUT2D eigenvalue weighted by atomic mass is 10.0. The molecule has 10 nitrogen and oxygen atoms in total. The first-order chi connectivity index (χ1) is 20.0. The Kier molecular flexibility index (Phi) is 9.87. The second-order valence-corrected chi connectivity index (χ2v) is 10.8. The smallest absolute Gasteiger partial charge is 0.239 e. The summed E-state index contributed by atoms with van der Waals surface area (Å²) < 4.78 is 17.9. The van der Waals surface area contributed by atoms with Crippen LogP contribution in [-0.2, 0) is 36.9 Å². The highest BCUT2D eigenvalue weighted by atomic mass is 16.5. The molecule has 0 aliphatic carbocycles. The Morgan fingerprint density at radius 2 is 1.73 bits per heavy atom. The molecule has 3 amide bonds. The third-order valence-corrected chi connectivity index (χ3v) is 7.92. The van der Waals surface area contributed by atoms with Gasteiger partial charge in [-0.2, -0.15) is 0 Å². The lowest BCUT2D eigenvalue weighted by molar-refractivity contribution is -0.139. The average Bonchev–Trinajstić information content (AvgIpc) is 2.98. The van der Waals surface area contributed by atoms with Crippen LogP contribution in [0.4, 0.5) is 0 Å². The van der Waals surface area contributed by atoms with Crippen molar-refractivity contribution in [2.45, 2.75) is 44.9 Å². The molecule has 1 N–H and O–H groups in total. The van der Waals surface area contributed by atoms with Gasteiger partial charge in [0, 0.05) is 45.7 Å². The number of hydrogen-bond donors (Lipinski definition) is 1. The normalized spacial score (nSPS) is 22.8. The van der Waals surface area contributed by atoms with Gasteiger partial charge in [-0.1, -0.05) is 24.3 Å². The minimum atomic E-state index is -0.387. The first-order valence-corrected chi connectivity index (χ1v) is 14.6. The molecule has 2 aromatic rings. The monoisotopic (exact) mass is 564 g/mol. The zero-order valence-corrected chi connectivity index (χ0v) is 23.8. The molecular weight excluding hydrogens is 524 g/mol. The average molecular weight is 565 g/mol. The number of rotatable bonds is 4. The van der Waals surface area contributed by atoms with Crippen LogP contribution in [0.3, 0.4) is 0 Å². The van der Waals surface area contributed by atoms with Crippen molar-refractivity contribution in [1.29, 1.82) is 0 Å². The Morgan fingerprint density at radius 3 is 2.49 bits per heavy atom. The number of hydrogen-bond acceptors (Lipinski definition) is 7. The molecule has 3 heterocycles. The van der Waals surface area contributed by atoms with Gasteiger partial charge in [0.25, 0.3) is 0 Å². The molecule has 2 aromatic carbocycles. The first-order valence-electron chi connectivity index (χ1n) is 14.6. The summed E-state index contributed by atoms with van der Waals surface area (Å²) in [5, 5.41) is 3.10. The van der Waals surface area contributed by atoms with Crippen molar-refractivity contribution < 1.29 is 28.6 Å². The molecule has 0 radical (unpaired) electrons. The highest BCUT2D eigenvalue weighted by Gasteiger charge is 2.34. The quantitative estimate of drug-likeness (QED) is 0.608. The summed E-state index contributed by atoms with van der Waals surface area (Å²) >= 11 is 0. The summed E-state index contributed by atoms with van der Waals surface area (Å²) in [5.74, 6) is 1.00. The van der Waals surface area contributed by atoms with E-state index in [9.17, 15) is 14.4 Å². The number of nitrogens with one attached hydrogen (secondary N) is 1. The Balaban J connectivity index is 1.31. The molecule has 41 heavy (non-hydrogen) atoms.